The Morgan fingerprint density at radius 3 is 2.55 bits per heavy atom. The third-order valence-electron chi connectivity index (χ3n) is 5.58. The van der Waals surface area contributed by atoms with E-state index in [1.807, 2.05) is 29.3 Å². The molecule has 3 aromatic rings. The molecular formula is C26H29ClN2OS. The van der Waals surface area contributed by atoms with E-state index in [1.165, 1.54) is 16.9 Å². The summed E-state index contributed by atoms with van der Waals surface area (Å²) in [7, 11) is 0. The number of carbonyl (C=O) groups is 1. The van der Waals surface area contributed by atoms with Gasteiger partial charge < -0.3 is 4.90 Å². The second kappa shape index (κ2) is 9.13. The van der Waals surface area contributed by atoms with Gasteiger partial charge in [-0.15, -0.1) is 11.3 Å². The summed E-state index contributed by atoms with van der Waals surface area (Å²) in [6.45, 7) is 8.37. The molecule has 1 aliphatic heterocycles. The lowest BCUT2D eigenvalue weighted by Gasteiger charge is -2.26. The number of amides is 1. The van der Waals surface area contributed by atoms with Gasteiger partial charge in [0.05, 0.1) is 0 Å². The van der Waals surface area contributed by atoms with Crippen LogP contribution in [-0.2, 0) is 6.42 Å². The lowest BCUT2D eigenvalue weighted by Crippen LogP contribution is -2.35. The molecule has 31 heavy (non-hydrogen) atoms. The van der Waals surface area contributed by atoms with Crippen molar-refractivity contribution in [2.75, 3.05) is 13.1 Å². The monoisotopic (exact) mass is 452 g/mol. The van der Waals surface area contributed by atoms with E-state index in [0.29, 0.717) is 10.6 Å². The molecule has 3 nitrogen and oxygen atoms in total. The van der Waals surface area contributed by atoms with Gasteiger partial charge in [-0.25, -0.2) is 0 Å². The molecule has 5 heteroatoms. The van der Waals surface area contributed by atoms with Crippen LogP contribution in [-0.4, -0.2) is 28.9 Å². The summed E-state index contributed by atoms with van der Waals surface area (Å²) >= 11 is 8.33. The molecule has 1 amide bonds. The number of rotatable bonds is 4. The molecule has 0 saturated carbocycles. The van der Waals surface area contributed by atoms with Gasteiger partial charge in [-0.1, -0.05) is 38.4 Å². The van der Waals surface area contributed by atoms with Gasteiger partial charge in [0.2, 0.25) is 0 Å². The number of piperidine rings is 1. The van der Waals surface area contributed by atoms with Crippen LogP contribution in [0.4, 0.5) is 0 Å². The summed E-state index contributed by atoms with van der Waals surface area (Å²) < 4.78 is 0. The molecule has 4 rings (SSSR count). The Bertz CT molecular complexity index is 1080. The van der Waals surface area contributed by atoms with Crippen LogP contribution in [0.5, 0.6) is 0 Å². The summed E-state index contributed by atoms with van der Waals surface area (Å²) in [5.74, 6) is 0.0855. The third kappa shape index (κ3) is 5.36. The highest BCUT2D eigenvalue weighted by atomic mass is 35.5. The van der Waals surface area contributed by atoms with Gasteiger partial charge in [0.15, 0.2) is 0 Å². The minimum Gasteiger partial charge on any atom is -0.339 e. The van der Waals surface area contributed by atoms with Crippen LogP contribution in [0.25, 0.3) is 21.6 Å². The number of hydrogen-bond donors (Lipinski definition) is 0. The number of nitrogens with zero attached hydrogens (tertiary/aromatic N) is 2. The van der Waals surface area contributed by atoms with Crippen LogP contribution in [0, 0.1) is 5.41 Å². The summed E-state index contributed by atoms with van der Waals surface area (Å²) in [6, 6.07) is 12.1. The SMILES string of the molecule is CC(C)(C)Cc1cc(-c2cc(-c3ccc(C(=O)N4CCCCC4)cc3Cl)cs2)ccn1. The van der Waals surface area contributed by atoms with Crippen LogP contribution in [0.2, 0.25) is 5.02 Å². The molecule has 0 bridgehead atoms. The van der Waals surface area contributed by atoms with Crippen molar-refractivity contribution < 1.29 is 4.79 Å². The number of pyridine rings is 1. The lowest BCUT2D eigenvalue weighted by molar-refractivity contribution is 0.0724. The number of halogens is 1. The van der Waals surface area contributed by atoms with Crippen molar-refractivity contribution in [3.05, 3.63) is 64.3 Å². The maximum Gasteiger partial charge on any atom is 0.253 e. The molecule has 0 N–H and O–H groups in total. The first kappa shape index (κ1) is 22.0. The predicted octanol–water partition coefficient (Wildman–Crippen LogP) is 7.35. The van der Waals surface area contributed by atoms with E-state index in [0.717, 1.165) is 49.2 Å². The molecule has 0 unspecified atom stereocenters. The van der Waals surface area contributed by atoms with E-state index >= 15 is 0 Å². The lowest BCUT2D eigenvalue weighted by atomic mass is 9.90. The highest BCUT2D eigenvalue weighted by molar-refractivity contribution is 7.14. The number of carbonyl (C=O) groups excluding carboxylic acids is 1. The zero-order chi connectivity index (χ0) is 22.0. The van der Waals surface area contributed by atoms with Crippen LogP contribution in [0.15, 0.2) is 48.0 Å². The second-order valence-corrected chi connectivity index (χ2v) is 10.8. The number of thiophene rings is 1. The fourth-order valence-electron chi connectivity index (χ4n) is 4.06. The van der Waals surface area contributed by atoms with Crippen LogP contribution in [0.1, 0.15) is 56.1 Å². The topological polar surface area (TPSA) is 33.2 Å². The zero-order valence-electron chi connectivity index (χ0n) is 18.5. The standard InChI is InChI=1S/C26H29ClN2OS/c1-26(2,3)16-21-13-18(9-10-28-21)24-15-20(17-31-24)22-8-7-19(14-23(22)27)25(30)29-11-5-4-6-12-29/h7-10,13-15,17H,4-6,11-12,16H2,1-3H3. The van der Waals surface area contributed by atoms with Crippen LogP contribution in [0.3, 0.4) is 0 Å². The molecule has 1 aromatic carbocycles. The number of hydrogen-bond acceptors (Lipinski definition) is 3. The van der Waals surface area contributed by atoms with Crippen molar-refractivity contribution in [3.63, 3.8) is 0 Å². The largest absolute Gasteiger partial charge is 0.339 e. The van der Waals surface area contributed by atoms with Crippen molar-refractivity contribution in [1.82, 2.24) is 9.88 Å². The molecular weight excluding hydrogens is 424 g/mol. The molecule has 0 atom stereocenters. The summed E-state index contributed by atoms with van der Waals surface area (Å²) in [4.78, 5) is 20.5. The van der Waals surface area contributed by atoms with Gasteiger partial charge in [0.25, 0.3) is 5.91 Å². The first-order valence-electron chi connectivity index (χ1n) is 10.9. The molecule has 1 saturated heterocycles. The Hall–Kier alpha value is -2.17. The number of likely N-dealkylation sites (tertiary alicyclic amines) is 1. The maximum absolute atomic E-state index is 12.8. The Balaban J connectivity index is 1.55. The van der Waals surface area contributed by atoms with E-state index in [-0.39, 0.29) is 11.3 Å². The van der Waals surface area contributed by atoms with Crippen molar-refractivity contribution >= 4 is 28.8 Å². The second-order valence-electron chi connectivity index (χ2n) is 9.52. The van der Waals surface area contributed by atoms with E-state index in [4.69, 9.17) is 11.6 Å². The minimum atomic E-state index is 0.0855. The molecule has 0 radical (unpaired) electrons. The van der Waals surface area contributed by atoms with Crippen molar-refractivity contribution in [2.24, 2.45) is 5.41 Å². The van der Waals surface area contributed by atoms with Crippen molar-refractivity contribution in [2.45, 2.75) is 46.5 Å². The zero-order valence-corrected chi connectivity index (χ0v) is 20.0. The van der Waals surface area contributed by atoms with Gasteiger partial charge in [-0.3, -0.25) is 9.78 Å². The van der Waals surface area contributed by atoms with Gasteiger partial charge >= 0.3 is 0 Å². The Kier molecular flexibility index (Phi) is 6.49. The minimum absolute atomic E-state index is 0.0855. The summed E-state index contributed by atoms with van der Waals surface area (Å²) in [5, 5.41) is 2.75. The number of benzene rings is 1. The van der Waals surface area contributed by atoms with Gasteiger partial charge in [0.1, 0.15) is 0 Å². The molecule has 3 heterocycles. The predicted molar refractivity (Wildman–Crippen MR) is 131 cm³/mol. The van der Waals surface area contributed by atoms with E-state index in [9.17, 15) is 4.79 Å². The van der Waals surface area contributed by atoms with Gasteiger partial charge in [-0.05, 0) is 77.9 Å². The van der Waals surface area contributed by atoms with Crippen LogP contribution < -0.4 is 0 Å². The van der Waals surface area contributed by atoms with E-state index in [1.54, 1.807) is 11.3 Å². The highest BCUT2D eigenvalue weighted by Gasteiger charge is 2.19. The van der Waals surface area contributed by atoms with E-state index in [2.05, 4.69) is 49.3 Å². The maximum atomic E-state index is 12.8. The first-order chi connectivity index (χ1) is 14.8. The molecule has 1 aliphatic rings. The summed E-state index contributed by atoms with van der Waals surface area (Å²) in [5.41, 5.74) is 5.20. The fraction of sp³-hybridized carbons (Fsp3) is 0.385. The summed E-state index contributed by atoms with van der Waals surface area (Å²) in [6.07, 6.45) is 6.21. The van der Waals surface area contributed by atoms with Gasteiger partial charge in [-0.2, -0.15) is 0 Å². The Morgan fingerprint density at radius 1 is 1.06 bits per heavy atom. The van der Waals surface area contributed by atoms with Crippen LogP contribution >= 0.6 is 22.9 Å². The average molecular weight is 453 g/mol. The number of aromatic nitrogens is 1. The molecule has 1 fully saturated rings. The molecule has 0 spiro atoms. The first-order valence-corrected chi connectivity index (χ1v) is 12.2. The van der Waals surface area contributed by atoms with Gasteiger partial charge in [0, 0.05) is 46.0 Å². The molecule has 2 aromatic heterocycles. The Morgan fingerprint density at radius 2 is 1.84 bits per heavy atom. The highest BCUT2D eigenvalue weighted by Crippen LogP contribution is 2.36. The molecule has 162 valence electrons. The van der Waals surface area contributed by atoms with Crippen molar-refractivity contribution in [1.29, 1.82) is 0 Å². The van der Waals surface area contributed by atoms with E-state index < -0.39 is 0 Å². The Labute approximate surface area is 194 Å². The quantitative estimate of drug-likeness (QED) is 0.414. The smallest absolute Gasteiger partial charge is 0.253 e. The normalized spacial score (nSPS) is 14.6. The fourth-order valence-corrected chi connectivity index (χ4v) is 5.26. The third-order valence-corrected chi connectivity index (χ3v) is 6.87. The molecule has 0 aliphatic carbocycles. The van der Waals surface area contributed by atoms with Crippen molar-refractivity contribution in [3.8, 4) is 21.6 Å². The average Bonchev–Trinajstić information content (AvgIpc) is 3.23.